The highest BCUT2D eigenvalue weighted by Crippen LogP contribution is 2.32. The van der Waals surface area contributed by atoms with E-state index in [0.29, 0.717) is 18.8 Å². The molecule has 2 aliphatic rings. The fourth-order valence-electron chi connectivity index (χ4n) is 2.80. The monoisotopic (exact) mass is 251 g/mol. The highest BCUT2D eigenvalue weighted by molar-refractivity contribution is 5.94. The van der Waals surface area contributed by atoms with Crippen LogP contribution >= 0.6 is 0 Å². The van der Waals surface area contributed by atoms with Gasteiger partial charge in [-0.2, -0.15) is 0 Å². The van der Waals surface area contributed by atoms with E-state index in [9.17, 15) is 9.18 Å². The normalized spacial score (nSPS) is 26.4. The number of halogens is 1. The van der Waals surface area contributed by atoms with Crippen LogP contribution in [-0.4, -0.2) is 36.4 Å². The zero-order valence-corrected chi connectivity index (χ0v) is 9.80. The lowest BCUT2D eigenvalue weighted by atomic mass is 10.1. The second-order valence-corrected chi connectivity index (χ2v) is 4.80. The number of hydrogen-bond donors (Lipinski definition) is 1. The molecule has 0 aliphatic carbocycles. The highest BCUT2D eigenvalue weighted by atomic mass is 19.1. The van der Waals surface area contributed by atoms with Crippen molar-refractivity contribution in [3.63, 3.8) is 0 Å². The van der Waals surface area contributed by atoms with Crippen molar-refractivity contribution in [1.82, 2.24) is 0 Å². The van der Waals surface area contributed by atoms with Gasteiger partial charge in [0.25, 0.3) is 0 Å². The van der Waals surface area contributed by atoms with Crippen molar-refractivity contribution in [3.05, 3.63) is 29.6 Å². The first-order valence-corrected chi connectivity index (χ1v) is 6.07. The number of nitrogens with zero attached hydrogens (tertiary/aromatic N) is 1. The van der Waals surface area contributed by atoms with Crippen LogP contribution in [0.15, 0.2) is 18.2 Å². The van der Waals surface area contributed by atoms with Crippen molar-refractivity contribution >= 4 is 11.7 Å². The Labute approximate surface area is 104 Å². The molecule has 0 radical (unpaired) electrons. The number of carboxylic acids is 1. The number of anilines is 1. The van der Waals surface area contributed by atoms with Gasteiger partial charge < -0.3 is 14.7 Å². The number of morpholine rings is 1. The van der Waals surface area contributed by atoms with Gasteiger partial charge in [-0.05, 0) is 25.0 Å². The summed E-state index contributed by atoms with van der Waals surface area (Å²) in [7, 11) is 0. The minimum absolute atomic E-state index is 0.147. The van der Waals surface area contributed by atoms with Crippen LogP contribution in [0.25, 0.3) is 0 Å². The summed E-state index contributed by atoms with van der Waals surface area (Å²) in [6, 6.07) is 4.40. The van der Waals surface area contributed by atoms with E-state index >= 15 is 0 Å². The lowest BCUT2D eigenvalue weighted by Gasteiger charge is -2.34. The molecule has 0 spiro atoms. The van der Waals surface area contributed by atoms with Gasteiger partial charge in [0.05, 0.1) is 17.9 Å². The zero-order chi connectivity index (χ0) is 12.7. The lowest BCUT2D eigenvalue weighted by Crippen LogP contribution is -2.43. The van der Waals surface area contributed by atoms with Crippen molar-refractivity contribution in [3.8, 4) is 0 Å². The van der Waals surface area contributed by atoms with Crippen LogP contribution in [0.2, 0.25) is 0 Å². The second-order valence-electron chi connectivity index (χ2n) is 4.80. The molecule has 2 unspecified atom stereocenters. The summed E-state index contributed by atoms with van der Waals surface area (Å²) in [5.74, 6) is -1.90. The summed E-state index contributed by atoms with van der Waals surface area (Å²) >= 11 is 0. The van der Waals surface area contributed by atoms with E-state index in [1.807, 2.05) is 4.90 Å². The maximum absolute atomic E-state index is 13.6. The summed E-state index contributed by atoms with van der Waals surface area (Å²) in [6.07, 6.45) is 2.29. The van der Waals surface area contributed by atoms with Crippen LogP contribution in [0.5, 0.6) is 0 Å². The van der Waals surface area contributed by atoms with E-state index < -0.39 is 11.8 Å². The minimum Gasteiger partial charge on any atom is -0.478 e. The number of ether oxygens (including phenoxy) is 1. The van der Waals surface area contributed by atoms with E-state index in [2.05, 4.69) is 0 Å². The van der Waals surface area contributed by atoms with Crippen molar-refractivity contribution in [2.75, 3.05) is 18.0 Å². The molecule has 2 bridgehead atoms. The Morgan fingerprint density at radius 3 is 2.61 bits per heavy atom. The predicted molar refractivity (Wildman–Crippen MR) is 63.5 cm³/mol. The third kappa shape index (κ3) is 1.84. The van der Waals surface area contributed by atoms with Gasteiger partial charge in [0.15, 0.2) is 0 Å². The predicted octanol–water partition coefficient (Wildman–Crippen LogP) is 1.89. The quantitative estimate of drug-likeness (QED) is 0.872. The van der Waals surface area contributed by atoms with Crippen molar-refractivity contribution < 1.29 is 19.0 Å². The fourth-order valence-corrected chi connectivity index (χ4v) is 2.80. The maximum atomic E-state index is 13.6. The molecule has 0 aromatic heterocycles. The summed E-state index contributed by atoms with van der Waals surface area (Å²) in [6.45, 7) is 1.28. The Morgan fingerprint density at radius 1 is 1.33 bits per heavy atom. The molecule has 4 nitrogen and oxygen atoms in total. The number of fused-ring (bicyclic) bond motifs is 2. The molecular weight excluding hydrogens is 237 g/mol. The summed E-state index contributed by atoms with van der Waals surface area (Å²) in [5, 5.41) is 9.13. The first kappa shape index (κ1) is 11.5. The minimum atomic E-state index is -1.22. The van der Waals surface area contributed by atoms with E-state index in [-0.39, 0.29) is 17.8 Å². The molecule has 96 valence electrons. The third-order valence-electron chi connectivity index (χ3n) is 3.59. The SMILES string of the molecule is O=C(O)c1c(F)cccc1N1CC2CCC(C1)O2. The first-order valence-electron chi connectivity index (χ1n) is 6.07. The summed E-state index contributed by atoms with van der Waals surface area (Å²) in [4.78, 5) is 13.1. The Bertz CT molecular complexity index is 479. The van der Waals surface area contributed by atoms with E-state index in [4.69, 9.17) is 9.84 Å². The molecule has 0 saturated carbocycles. The molecule has 1 aromatic carbocycles. The molecule has 1 aromatic rings. The average molecular weight is 251 g/mol. The van der Waals surface area contributed by atoms with E-state index in [1.54, 1.807) is 12.1 Å². The molecule has 2 saturated heterocycles. The van der Waals surface area contributed by atoms with Crippen LogP contribution in [0.3, 0.4) is 0 Å². The van der Waals surface area contributed by atoms with Crippen LogP contribution in [-0.2, 0) is 4.74 Å². The van der Waals surface area contributed by atoms with E-state index in [1.165, 1.54) is 6.07 Å². The Morgan fingerprint density at radius 2 is 2.00 bits per heavy atom. The zero-order valence-electron chi connectivity index (χ0n) is 9.80. The molecule has 2 heterocycles. The number of hydrogen-bond acceptors (Lipinski definition) is 3. The van der Waals surface area contributed by atoms with Gasteiger partial charge >= 0.3 is 5.97 Å². The summed E-state index contributed by atoms with van der Waals surface area (Å²) in [5.41, 5.74) is 0.224. The second kappa shape index (κ2) is 4.24. The molecule has 2 atom stereocenters. The molecule has 18 heavy (non-hydrogen) atoms. The first-order chi connectivity index (χ1) is 8.65. The Hall–Kier alpha value is -1.62. The fraction of sp³-hybridized carbons (Fsp3) is 0.462. The average Bonchev–Trinajstić information content (AvgIpc) is 2.67. The number of rotatable bonds is 2. The number of aromatic carboxylic acids is 1. The van der Waals surface area contributed by atoms with Crippen molar-refractivity contribution in [2.45, 2.75) is 25.0 Å². The molecule has 5 heteroatoms. The lowest BCUT2D eigenvalue weighted by molar-refractivity contribution is 0.0302. The van der Waals surface area contributed by atoms with Gasteiger partial charge in [-0.15, -0.1) is 0 Å². The molecule has 0 amide bonds. The largest absolute Gasteiger partial charge is 0.478 e. The van der Waals surface area contributed by atoms with Crippen molar-refractivity contribution in [1.29, 1.82) is 0 Å². The molecule has 1 N–H and O–H groups in total. The van der Waals surface area contributed by atoms with Gasteiger partial charge in [0.1, 0.15) is 11.4 Å². The maximum Gasteiger partial charge on any atom is 0.340 e. The van der Waals surface area contributed by atoms with Gasteiger partial charge in [-0.25, -0.2) is 9.18 Å². The molecular formula is C13H14FNO3. The smallest absolute Gasteiger partial charge is 0.340 e. The van der Waals surface area contributed by atoms with Crippen LogP contribution < -0.4 is 4.90 Å². The van der Waals surface area contributed by atoms with Crippen LogP contribution in [0.4, 0.5) is 10.1 Å². The van der Waals surface area contributed by atoms with Gasteiger partial charge in [-0.1, -0.05) is 6.07 Å². The molecule has 3 rings (SSSR count). The van der Waals surface area contributed by atoms with Crippen LogP contribution in [0.1, 0.15) is 23.2 Å². The number of carboxylic acid groups (broad SMARTS) is 1. The number of carbonyl (C=O) groups is 1. The summed E-state index contributed by atoms with van der Waals surface area (Å²) < 4.78 is 19.3. The van der Waals surface area contributed by atoms with Gasteiger partial charge in [0.2, 0.25) is 0 Å². The molecule has 2 fully saturated rings. The Balaban J connectivity index is 1.97. The van der Waals surface area contributed by atoms with Gasteiger partial charge in [0, 0.05) is 13.1 Å². The number of benzene rings is 1. The molecule has 2 aliphatic heterocycles. The third-order valence-corrected chi connectivity index (χ3v) is 3.59. The van der Waals surface area contributed by atoms with Gasteiger partial charge in [-0.3, -0.25) is 0 Å². The van der Waals surface area contributed by atoms with Crippen molar-refractivity contribution in [2.24, 2.45) is 0 Å². The van der Waals surface area contributed by atoms with Crippen LogP contribution in [0, 0.1) is 5.82 Å². The van der Waals surface area contributed by atoms with E-state index in [0.717, 1.165) is 12.8 Å². The topological polar surface area (TPSA) is 49.8 Å². The standard InChI is InChI=1S/C13H14FNO3/c14-10-2-1-3-11(12(10)13(16)17)15-6-8-4-5-9(7-15)18-8/h1-3,8-9H,4-7H2,(H,16,17). The Kier molecular flexibility index (Phi) is 2.70. The highest BCUT2D eigenvalue weighted by Gasteiger charge is 2.35.